The van der Waals surface area contributed by atoms with Crippen LogP contribution < -0.4 is 24.4 Å². The quantitative estimate of drug-likeness (QED) is 0.200. The van der Waals surface area contributed by atoms with Crippen LogP contribution in [0, 0.1) is 0 Å². The largest absolute Gasteiger partial charge is 0.496 e. The maximum atomic E-state index is 14.1. The fourth-order valence-corrected chi connectivity index (χ4v) is 7.27. The zero-order chi connectivity index (χ0) is 29.5. The molecule has 1 aromatic heterocycles. The number of nitrogens with zero attached hydrogens (tertiary/aromatic N) is 2. The van der Waals surface area contributed by atoms with Gasteiger partial charge in [-0.25, -0.2) is 4.99 Å². The summed E-state index contributed by atoms with van der Waals surface area (Å²) < 4.78 is 14.2. The lowest BCUT2D eigenvalue weighted by Gasteiger charge is -2.31. The Bertz CT molecular complexity index is 2080. The molecule has 0 unspecified atom stereocenters. The van der Waals surface area contributed by atoms with E-state index in [1.807, 2.05) is 65.2 Å². The molecule has 0 N–H and O–H groups in total. The number of benzene rings is 4. The van der Waals surface area contributed by atoms with E-state index in [0.29, 0.717) is 31.7 Å². The highest BCUT2D eigenvalue weighted by molar-refractivity contribution is 7.07. The average molecular weight is 626 g/mol. The molecule has 7 rings (SSSR count). The fourth-order valence-electron chi connectivity index (χ4n) is 5.80. The standard InChI is InChI=1S/C35H26Cl2N2O3S/c1-41-30-9-5-4-8-27(30)33-28-17-13-22-6-2-3-7-26(22)32(28)38-35-39(33)34(40)31(43-35)18-21-10-15-25(16-11-21)42-20-23-12-14-24(36)19-29(23)37/h2-12,14-16,18-19,33H,13,17,20H2,1H3/b31-18+/t33-/m1/s1. The van der Waals surface area contributed by atoms with Gasteiger partial charge in [0, 0.05) is 26.7 Å². The highest BCUT2D eigenvalue weighted by Gasteiger charge is 2.33. The molecule has 1 aliphatic heterocycles. The van der Waals surface area contributed by atoms with E-state index in [0.717, 1.165) is 52.1 Å². The van der Waals surface area contributed by atoms with Gasteiger partial charge in [0.15, 0.2) is 4.80 Å². The van der Waals surface area contributed by atoms with Crippen LogP contribution in [0.1, 0.15) is 40.3 Å². The van der Waals surface area contributed by atoms with Gasteiger partial charge in [-0.15, -0.1) is 0 Å². The number of aryl methyl sites for hydroxylation is 1. The summed E-state index contributed by atoms with van der Waals surface area (Å²) in [5, 5.41) is 1.15. The Balaban J connectivity index is 1.28. The molecule has 0 fully saturated rings. The number of methoxy groups -OCH3 is 1. The highest BCUT2D eigenvalue weighted by Crippen LogP contribution is 2.43. The van der Waals surface area contributed by atoms with Gasteiger partial charge in [0.05, 0.1) is 23.4 Å². The normalized spacial score (nSPS) is 15.8. The first-order valence-corrected chi connectivity index (χ1v) is 15.5. The molecule has 0 amide bonds. The SMILES string of the molecule is COc1ccccc1[C@@H]1C2=C(N=c3s/c(=C/c4ccc(OCc5ccc(Cl)cc5Cl)cc4)c(=O)n31)c1ccccc1CC2. The second kappa shape index (κ2) is 11.5. The van der Waals surface area contributed by atoms with E-state index in [1.54, 1.807) is 19.2 Å². The molecule has 0 saturated heterocycles. The Kier molecular flexibility index (Phi) is 7.43. The molecule has 0 bridgehead atoms. The predicted octanol–water partition coefficient (Wildman–Crippen LogP) is 7.21. The van der Waals surface area contributed by atoms with Crippen LogP contribution >= 0.6 is 34.5 Å². The van der Waals surface area contributed by atoms with E-state index < -0.39 is 0 Å². The molecule has 8 heteroatoms. The lowest BCUT2D eigenvalue weighted by Crippen LogP contribution is -2.38. The van der Waals surface area contributed by atoms with Gasteiger partial charge in [-0.3, -0.25) is 9.36 Å². The van der Waals surface area contributed by atoms with Crippen molar-refractivity contribution in [2.75, 3.05) is 7.11 Å². The molecule has 43 heavy (non-hydrogen) atoms. The zero-order valence-electron chi connectivity index (χ0n) is 23.2. The van der Waals surface area contributed by atoms with Gasteiger partial charge in [-0.05, 0) is 65.9 Å². The molecule has 214 valence electrons. The predicted molar refractivity (Wildman–Crippen MR) is 173 cm³/mol. The minimum absolute atomic E-state index is 0.0669. The molecule has 2 heterocycles. The van der Waals surface area contributed by atoms with Crippen LogP contribution in [0.3, 0.4) is 0 Å². The van der Waals surface area contributed by atoms with E-state index in [2.05, 4.69) is 24.3 Å². The summed E-state index contributed by atoms with van der Waals surface area (Å²) in [6, 6.07) is 29.1. The highest BCUT2D eigenvalue weighted by atomic mass is 35.5. The van der Waals surface area contributed by atoms with E-state index in [9.17, 15) is 4.79 Å². The van der Waals surface area contributed by atoms with E-state index in [4.69, 9.17) is 37.7 Å². The van der Waals surface area contributed by atoms with Gasteiger partial charge in [0.25, 0.3) is 5.56 Å². The molecule has 0 radical (unpaired) electrons. The average Bonchev–Trinajstić information content (AvgIpc) is 3.34. The lowest BCUT2D eigenvalue weighted by atomic mass is 9.83. The van der Waals surface area contributed by atoms with Crippen molar-refractivity contribution in [3.63, 3.8) is 0 Å². The summed E-state index contributed by atoms with van der Waals surface area (Å²) in [5.74, 6) is 1.46. The van der Waals surface area contributed by atoms with Gasteiger partial charge >= 0.3 is 0 Å². The maximum absolute atomic E-state index is 14.1. The lowest BCUT2D eigenvalue weighted by molar-refractivity contribution is 0.306. The van der Waals surface area contributed by atoms with Crippen LogP contribution in [0.5, 0.6) is 11.5 Å². The number of hydrogen-bond donors (Lipinski definition) is 0. The van der Waals surface area contributed by atoms with Gasteiger partial charge in [0.1, 0.15) is 18.1 Å². The van der Waals surface area contributed by atoms with Crippen molar-refractivity contribution in [3.8, 4) is 11.5 Å². The Labute approximate surface area is 262 Å². The van der Waals surface area contributed by atoms with Crippen molar-refractivity contribution >= 4 is 46.3 Å². The number of thiazole rings is 1. The van der Waals surface area contributed by atoms with Gasteiger partial charge in [-0.2, -0.15) is 0 Å². The summed E-state index contributed by atoms with van der Waals surface area (Å²) in [5.41, 5.74) is 7.17. The number of para-hydroxylation sites is 1. The van der Waals surface area contributed by atoms with Crippen molar-refractivity contribution < 1.29 is 9.47 Å². The molecule has 4 aromatic carbocycles. The molecule has 2 aliphatic rings. The Morgan fingerprint density at radius 3 is 2.58 bits per heavy atom. The zero-order valence-corrected chi connectivity index (χ0v) is 25.5. The van der Waals surface area contributed by atoms with Crippen molar-refractivity contribution in [3.05, 3.63) is 154 Å². The molecule has 5 aromatic rings. The van der Waals surface area contributed by atoms with E-state index in [-0.39, 0.29) is 11.6 Å². The maximum Gasteiger partial charge on any atom is 0.271 e. The van der Waals surface area contributed by atoms with Crippen LogP contribution in [-0.4, -0.2) is 11.7 Å². The number of ether oxygens (including phenoxy) is 2. The Hall–Kier alpha value is -4.10. The van der Waals surface area contributed by atoms with E-state index in [1.165, 1.54) is 16.9 Å². The second-order valence-electron chi connectivity index (χ2n) is 10.4. The summed E-state index contributed by atoms with van der Waals surface area (Å²) >= 11 is 13.7. The third-order valence-corrected chi connectivity index (χ3v) is 9.46. The minimum Gasteiger partial charge on any atom is -0.496 e. The Morgan fingerprint density at radius 1 is 0.977 bits per heavy atom. The van der Waals surface area contributed by atoms with Crippen molar-refractivity contribution in [1.29, 1.82) is 0 Å². The van der Waals surface area contributed by atoms with Crippen molar-refractivity contribution in [2.24, 2.45) is 4.99 Å². The number of aromatic nitrogens is 1. The summed E-state index contributed by atoms with van der Waals surface area (Å²) in [4.78, 5) is 19.9. The van der Waals surface area contributed by atoms with E-state index >= 15 is 0 Å². The number of fused-ring (bicyclic) bond motifs is 3. The summed E-state index contributed by atoms with van der Waals surface area (Å²) in [6.07, 6.45) is 3.64. The second-order valence-corrected chi connectivity index (χ2v) is 12.3. The minimum atomic E-state index is -0.298. The first-order chi connectivity index (χ1) is 21.0. The van der Waals surface area contributed by atoms with Crippen LogP contribution in [0.15, 0.2) is 106 Å². The molecule has 1 atom stereocenters. The summed E-state index contributed by atoms with van der Waals surface area (Å²) in [7, 11) is 1.67. The van der Waals surface area contributed by atoms with Gasteiger partial charge < -0.3 is 9.47 Å². The van der Waals surface area contributed by atoms with Crippen LogP contribution in [0.25, 0.3) is 11.8 Å². The number of halogens is 2. The molecule has 0 saturated carbocycles. The fraction of sp³-hybridized carbons (Fsp3) is 0.143. The van der Waals surface area contributed by atoms with Crippen LogP contribution in [-0.2, 0) is 13.0 Å². The van der Waals surface area contributed by atoms with Crippen LogP contribution in [0.4, 0.5) is 0 Å². The third-order valence-electron chi connectivity index (χ3n) is 7.89. The van der Waals surface area contributed by atoms with Crippen molar-refractivity contribution in [2.45, 2.75) is 25.5 Å². The van der Waals surface area contributed by atoms with Crippen LogP contribution in [0.2, 0.25) is 10.0 Å². The van der Waals surface area contributed by atoms with Gasteiger partial charge in [-0.1, -0.05) is 95.2 Å². The molecule has 5 nitrogen and oxygen atoms in total. The van der Waals surface area contributed by atoms with Gasteiger partial charge in [0.2, 0.25) is 0 Å². The monoisotopic (exact) mass is 624 g/mol. The van der Waals surface area contributed by atoms with Crippen molar-refractivity contribution in [1.82, 2.24) is 4.57 Å². The smallest absolute Gasteiger partial charge is 0.271 e. The number of rotatable bonds is 6. The first kappa shape index (κ1) is 27.7. The number of allylic oxidation sites excluding steroid dienone is 1. The molecule has 0 spiro atoms. The third kappa shape index (κ3) is 5.20. The topological polar surface area (TPSA) is 52.8 Å². The molecule has 1 aliphatic carbocycles. The first-order valence-electron chi connectivity index (χ1n) is 13.9. The molecular weight excluding hydrogens is 599 g/mol. The summed E-state index contributed by atoms with van der Waals surface area (Å²) in [6.45, 7) is 0.324. The number of hydrogen-bond acceptors (Lipinski definition) is 5. The molecular formula is C35H26Cl2N2O3S. The Morgan fingerprint density at radius 2 is 1.77 bits per heavy atom.